The molecular weight excluding hydrogens is 428 g/mol. The Bertz CT molecular complexity index is 425. The Kier molecular flexibility index (Phi) is 6.39. The molecule has 16 heavy (non-hydrogen) atoms. The zero-order chi connectivity index (χ0) is 11.8. The van der Waals surface area contributed by atoms with Crippen molar-refractivity contribution in [2.24, 2.45) is 0 Å². The van der Waals surface area contributed by atoms with Crippen molar-refractivity contribution in [2.75, 3.05) is 5.73 Å². The van der Waals surface area contributed by atoms with Crippen molar-refractivity contribution in [1.29, 1.82) is 0 Å². The molecule has 0 aliphatic rings. The minimum absolute atomic E-state index is 0.472. The van der Waals surface area contributed by atoms with E-state index in [0.717, 1.165) is 11.4 Å². The summed E-state index contributed by atoms with van der Waals surface area (Å²) in [5, 5.41) is 0. The average molecular weight is 437 g/mol. The van der Waals surface area contributed by atoms with Gasteiger partial charge < -0.3 is 5.73 Å². The fourth-order valence-corrected chi connectivity index (χ4v) is 1.10. The molecular formula is C10H9Cl2N3Pt. The van der Waals surface area contributed by atoms with Crippen molar-refractivity contribution >= 4 is 24.5 Å². The molecule has 3 nitrogen and oxygen atoms in total. The van der Waals surface area contributed by atoms with Gasteiger partial charge in [-0.2, -0.15) is 0 Å². The van der Waals surface area contributed by atoms with Crippen LogP contribution in [-0.4, -0.2) is 9.97 Å². The number of aromatic nitrogens is 2. The van der Waals surface area contributed by atoms with Crippen LogP contribution >= 0.6 is 18.8 Å². The second-order valence-corrected chi connectivity index (χ2v) is 6.02. The van der Waals surface area contributed by atoms with Crippen LogP contribution in [0.1, 0.15) is 0 Å². The summed E-state index contributed by atoms with van der Waals surface area (Å²) in [7, 11) is 9.75. The Morgan fingerprint density at radius 2 is 1.69 bits per heavy atom. The third kappa shape index (κ3) is 4.48. The molecule has 0 saturated carbocycles. The van der Waals surface area contributed by atoms with E-state index in [1.807, 2.05) is 24.3 Å². The molecule has 2 aromatic heterocycles. The standard InChI is InChI=1S/C10H9N3.2ClH.Pt/c11-8-4-6-13-10(7-8)9-3-1-2-5-12-9;;;/h1-7H,(H2,11,13);2*1H;/q;;;+2/p-2. The summed E-state index contributed by atoms with van der Waals surface area (Å²) in [4.78, 5) is 8.34. The Morgan fingerprint density at radius 3 is 2.25 bits per heavy atom. The van der Waals surface area contributed by atoms with Crippen molar-refractivity contribution in [3.05, 3.63) is 42.7 Å². The van der Waals surface area contributed by atoms with Gasteiger partial charge in [-0.3, -0.25) is 9.97 Å². The van der Waals surface area contributed by atoms with Crippen LogP contribution in [0.15, 0.2) is 42.7 Å². The van der Waals surface area contributed by atoms with E-state index in [1.54, 1.807) is 18.5 Å². The van der Waals surface area contributed by atoms with Crippen LogP contribution in [0.5, 0.6) is 0 Å². The monoisotopic (exact) mass is 436 g/mol. The van der Waals surface area contributed by atoms with Gasteiger partial charge in [-0.1, -0.05) is 6.07 Å². The van der Waals surface area contributed by atoms with E-state index in [9.17, 15) is 0 Å². The summed E-state index contributed by atoms with van der Waals surface area (Å²) in [5.41, 5.74) is 7.98. The van der Waals surface area contributed by atoms with Gasteiger partial charge >= 0.3 is 35.3 Å². The normalized spacial score (nSPS) is 9.38. The van der Waals surface area contributed by atoms with Crippen LogP contribution in [0.4, 0.5) is 5.69 Å². The van der Waals surface area contributed by atoms with E-state index >= 15 is 0 Å². The van der Waals surface area contributed by atoms with E-state index < -0.39 is 16.5 Å². The second-order valence-electron chi connectivity index (χ2n) is 2.73. The number of hydrogen-bond donors (Lipinski definition) is 1. The van der Waals surface area contributed by atoms with Crippen molar-refractivity contribution in [1.82, 2.24) is 9.97 Å². The molecule has 88 valence electrons. The predicted molar refractivity (Wildman–Crippen MR) is 63.6 cm³/mol. The van der Waals surface area contributed by atoms with Crippen molar-refractivity contribution in [3.63, 3.8) is 0 Å². The summed E-state index contributed by atoms with van der Waals surface area (Å²) in [6.45, 7) is 0. The number of nitrogens with zero attached hydrogens (tertiary/aromatic N) is 2. The summed E-state index contributed by atoms with van der Waals surface area (Å²) < 4.78 is 0. The first-order chi connectivity index (χ1) is 7.77. The summed E-state index contributed by atoms with van der Waals surface area (Å²) in [6.07, 6.45) is 3.42. The predicted octanol–water partition coefficient (Wildman–Crippen LogP) is 3.10. The Labute approximate surface area is 110 Å². The zero-order valence-electron chi connectivity index (χ0n) is 8.09. The van der Waals surface area contributed by atoms with Gasteiger partial charge in [0, 0.05) is 18.1 Å². The number of hydrogen-bond acceptors (Lipinski definition) is 3. The quantitative estimate of drug-likeness (QED) is 0.747. The summed E-state index contributed by atoms with van der Waals surface area (Å²) in [5.74, 6) is 0. The van der Waals surface area contributed by atoms with E-state index in [2.05, 4.69) is 9.97 Å². The van der Waals surface area contributed by atoms with Gasteiger partial charge in [-0.25, -0.2) is 0 Å². The molecule has 2 rings (SSSR count). The zero-order valence-corrected chi connectivity index (χ0v) is 11.9. The molecule has 0 atom stereocenters. The third-order valence-corrected chi connectivity index (χ3v) is 1.71. The van der Waals surface area contributed by atoms with E-state index in [-0.39, 0.29) is 0 Å². The molecule has 6 heteroatoms. The molecule has 2 N–H and O–H groups in total. The summed E-state index contributed by atoms with van der Waals surface area (Å²) >= 11 is -0.472. The van der Waals surface area contributed by atoms with Crippen molar-refractivity contribution in [3.8, 4) is 11.4 Å². The number of nitrogen functional groups attached to an aromatic ring is 1. The minimum atomic E-state index is -0.472. The van der Waals surface area contributed by atoms with Crippen LogP contribution in [0.2, 0.25) is 0 Å². The fourth-order valence-electron chi connectivity index (χ4n) is 1.10. The van der Waals surface area contributed by atoms with Gasteiger partial charge in [-0.05, 0) is 24.3 Å². The van der Waals surface area contributed by atoms with Crippen molar-refractivity contribution in [2.45, 2.75) is 0 Å². The molecule has 0 aliphatic heterocycles. The third-order valence-electron chi connectivity index (χ3n) is 1.71. The SMILES string of the molecule is Nc1ccnc(-c2ccccn2)c1.[Cl][Pt][Cl]. The van der Waals surface area contributed by atoms with E-state index in [1.165, 1.54) is 0 Å². The maximum atomic E-state index is 5.63. The maximum absolute atomic E-state index is 5.63. The molecule has 0 aliphatic carbocycles. The molecule has 0 spiro atoms. The first-order valence-corrected chi connectivity index (χ1v) is 9.86. The number of rotatable bonds is 1. The fraction of sp³-hybridized carbons (Fsp3) is 0. The van der Waals surface area contributed by atoms with Gasteiger partial charge in [0.1, 0.15) is 0 Å². The topological polar surface area (TPSA) is 51.8 Å². The van der Waals surface area contributed by atoms with Crippen LogP contribution in [0.3, 0.4) is 0 Å². The molecule has 0 aromatic carbocycles. The number of anilines is 1. The number of nitrogens with two attached hydrogens (primary N) is 1. The van der Waals surface area contributed by atoms with Crippen LogP contribution in [0.25, 0.3) is 11.4 Å². The molecule has 0 fully saturated rings. The van der Waals surface area contributed by atoms with Crippen LogP contribution in [-0.2, 0) is 16.5 Å². The molecule has 0 bridgehead atoms. The second kappa shape index (κ2) is 7.61. The van der Waals surface area contributed by atoms with Gasteiger partial charge in [0.05, 0.1) is 11.4 Å². The Balaban J connectivity index is 0.000000386. The molecule has 2 aromatic rings. The molecule has 2 heterocycles. The number of pyridine rings is 2. The average Bonchev–Trinajstić information content (AvgIpc) is 2.31. The molecule has 0 amide bonds. The van der Waals surface area contributed by atoms with Crippen molar-refractivity contribution < 1.29 is 16.5 Å². The molecule has 0 unspecified atom stereocenters. The van der Waals surface area contributed by atoms with Gasteiger partial charge in [0.2, 0.25) is 0 Å². The van der Waals surface area contributed by atoms with Gasteiger partial charge in [-0.15, -0.1) is 0 Å². The van der Waals surface area contributed by atoms with Crippen LogP contribution < -0.4 is 5.73 Å². The van der Waals surface area contributed by atoms with Gasteiger partial charge in [0.25, 0.3) is 0 Å². The molecule has 0 radical (unpaired) electrons. The summed E-state index contributed by atoms with van der Waals surface area (Å²) in [6, 6.07) is 9.26. The first kappa shape index (κ1) is 13.4. The number of halogens is 2. The van der Waals surface area contributed by atoms with Crippen LogP contribution in [0, 0.1) is 0 Å². The van der Waals surface area contributed by atoms with E-state index in [0.29, 0.717) is 5.69 Å². The first-order valence-electron chi connectivity index (χ1n) is 4.23. The van der Waals surface area contributed by atoms with Gasteiger partial charge in [0.15, 0.2) is 0 Å². The molecule has 0 saturated heterocycles. The van der Waals surface area contributed by atoms with E-state index in [4.69, 9.17) is 24.6 Å². The Hall–Kier alpha value is -0.632. The Morgan fingerprint density at radius 1 is 1.00 bits per heavy atom.